The molecule has 0 aromatic heterocycles. The molecule has 0 saturated heterocycles. The minimum atomic E-state index is -0.121. The Morgan fingerprint density at radius 2 is 1.82 bits per heavy atom. The van der Waals surface area contributed by atoms with Crippen LogP contribution in [-0.4, -0.2) is 22.1 Å². The lowest BCUT2D eigenvalue weighted by Gasteiger charge is -2.57. The molecule has 4 aliphatic rings. The van der Waals surface area contributed by atoms with Gasteiger partial charge in [0.1, 0.15) is 0 Å². The molecule has 2 N–H and O–H groups in total. The molecule has 3 unspecified atom stereocenters. The van der Waals surface area contributed by atoms with E-state index in [1.54, 1.807) is 0 Å². The first-order valence-electron chi connectivity index (χ1n) is 9.08. The molecule has 0 aromatic rings. The van der Waals surface area contributed by atoms with Crippen molar-refractivity contribution in [2.45, 2.75) is 71.3 Å². The van der Waals surface area contributed by atoms with Crippen LogP contribution in [0.4, 0.5) is 0 Å². The van der Waals surface area contributed by atoms with Gasteiger partial charge >= 0.3 is 0 Å². The Morgan fingerprint density at radius 1 is 1.09 bits per heavy atom. The average molecular weight is 303 g/mol. The summed E-state index contributed by atoms with van der Waals surface area (Å²) in [4.78, 5) is 0. The van der Waals surface area contributed by atoms with Crippen molar-refractivity contribution in [3.8, 4) is 0 Å². The van der Waals surface area contributed by atoms with Gasteiger partial charge in [-0.15, -0.1) is 0 Å². The molecule has 0 bridgehead atoms. The first kappa shape index (κ1) is 14.7. The highest BCUT2D eigenvalue weighted by atomic mass is 16.4. The third kappa shape index (κ3) is 1.81. The van der Waals surface area contributed by atoms with Crippen molar-refractivity contribution in [1.82, 2.24) is 0 Å². The maximum Gasteiger partial charge on any atom is 0.0632 e. The Bertz CT molecular complexity index is 540. The highest BCUT2D eigenvalue weighted by Gasteiger charge is 2.57. The Labute approximate surface area is 133 Å². The molecular formula is C19H29NO2. The second kappa shape index (κ2) is 4.83. The van der Waals surface area contributed by atoms with Gasteiger partial charge in [-0.2, -0.15) is 0 Å². The smallest absolute Gasteiger partial charge is 0.0632 e. The molecule has 3 nitrogen and oxygen atoms in total. The molecule has 4 aliphatic carbocycles. The summed E-state index contributed by atoms with van der Waals surface area (Å²) < 4.78 is 0. The normalized spacial score (nSPS) is 52.7. The Kier molecular flexibility index (Phi) is 3.24. The van der Waals surface area contributed by atoms with E-state index >= 15 is 0 Å². The van der Waals surface area contributed by atoms with Crippen molar-refractivity contribution < 1.29 is 10.3 Å². The third-order valence-corrected chi connectivity index (χ3v) is 7.94. The van der Waals surface area contributed by atoms with Crippen molar-refractivity contribution in [3.63, 3.8) is 0 Å². The molecule has 6 atom stereocenters. The second-order valence-electron chi connectivity index (χ2n) is 8.70. The second-order valence-corrected chi connectivity index (χ2v) is 8.70. The number of aliphatic hydroxyl groups is 1. The number of fused-ring (bicyclic) bond motifs is 5. The number of oxime groups is 1. The van der Waals surface area contributed by atoms with Gasteiger partial charge in [-0.3, -0.25) is 0 Å². The lowest BCUT2D eigenvalue weighted by Crippen LogP contribution is -2.50. The summed E-state index contributed by atoms with van der Waals surface area (Å²) in [6, 6.07) is 0. The SMILES string of the molecule is C[C@]12CC[C@H](O)CC1=CCC1C2CC[C@]2(C)/C(=N/O)CCC12. The lowest BCUT2D eigenvalue weighted by atomic mass is 9.48. The van der Waals surface area contributed by atoms with Crippen LogP contribution in [0.2, 0.25) is 0 Å². The van der Waals surface area contributed by atoms with Gasteiger partial charge in [0.2, 0.25) is 0 Å². The lowest BCUT2D eigenvalue weighted by molar-refractivity contribution is -0.0213. The van der Waals surface area contributed by atoms with Gasteiger partial charge in [0.05, 0.1) is 11.8 Å². The van der Waals surface area contributed by atoms with E-state index in [9.17, 15) is 10.3 Å². The third-order valence-electron chi connectivity index (χ3n) is 7.94. The summed E-state index contributed by atoms with van der Waals surface area (Å²) in [6.45, 7) is 4.79. The van der Waals surface area contributed by atoms with E-state index in [0.717, 1.165) is 43.2 Å². The van der Waals surface area contributed by atoms with Crippen molar-refractivity contribution in [1.29, 1.82) is 0 Å². The molecule has 0 radical (unpaired) electrons. The highest BCUT2D eigenvalue weighted by molar-refractivity contribution is 5.92. The summed E-state index contributed by atoms with van der Waals surface area (Å²) in [6.07, 6.45) is 11.1. The monoisotopic (exact) mass is 303 g/mol. The number of rotatable bonds is 0. The molecule has 3 fully saturated rings. The maximum atomic E-state index is 10.0. The number of allylic oxidation sites excluding steroid dienone is 1. The van der Waals surface area contributed by atoms with Gasteiger partial charge < -0.3 is 10.3 Å². The summed E-state index contributed by atoms with van der Waals surface area (Å²) >= 11 is 0. The fraction of sp³-hybridized carbons (Fsp3) is 0.842. The van der Waals surface area contributed by atoms with Gasteiger partial charge in [-0.05, 0) is 74.5 Å². The molecule has 122 valence electrons. The van der Waals surface area contributed by atoms with Gasteiger partial charge in [-0.25, -0.2) is 0 Å². The molecule has 0 heterocycles. The molecule has 0 aliphatic heterocycles. The van der Waals surface area contributed by atoms with Crippen LogP contribution in [0.1, 0.15) is 65.2 Å². The largest absolute Gasteiger partial charge is 0.411 e. The van der Waals surface area contributed by atoms with Crippen LogP contribution < -0.4 is 0 Å². The van der Waals surface area contributed by atoms with Gasteiger partial charge in [0.15, 0.2) is 0 Å². The summed E-state index contributed by atoms with van der Waals surface area (Å²) in [5.74, 6) is 2.18. The fourth-order valence-corrected chi connectivity index (χ4v) is 6.59. The Morgan fingerprint density at radius 3 is 2.59 bits per heavy atom. The minimum absolute atomic E-state index is 0.121. The topological polar surface area (TPSA) is 52.8 Å². The quantitative estimate of drug-likeness (QED) is 0.401. The summed E-state index contributed by atoms with van der Waals surface area (Å²) in [7, 11) is 0. The molecule has 4 rings (SSSR count). The van der Waals surface area contributed by atoms with Crippen LogP contribution in [0.15, 0.2) is 16.8 Å². The van der Waals surface area contributed by atoms with Crippen LogP contribution in [-0.2, 0) is 0 Å². The number of hydrogen-bond donors (Lipinski definition) is 2. The average Bonchev–Trinajstić information content (AvgIpc) is 2.84. The number of aliphatic hydroxyl groups excluding tert-OH is 1. The van der Waals surface area contributed by atoms with Crippen molar-refractivity contribution in [2.24, 2.45) is 33.7 Å². The first-order chi connectivity index (χ1) is 10.5. The fourth-order valence-electron chi connectivity index (χ4n) is 6.59. The van der Waals surface area contributed by atoms with E-state index < -0.39 is 0 Å². The van der Waals surface area contributed by atoms with Crippen LogP contribution in [0.3, 0.4) is 0 Å². The molecule has 22 heavy (non-hydrogen) atoms. The molecule has 3 heteroatoms. The van der Waals surface area contributed by atoms with Gasteiger partial charge in [0, 0.05) is 5.41 Å². The van der Waals surface area contributed by atoms with E-state index in [1.165, 1.54) is 31.3 Å². The van der Waals surface area contributed by atoms with Gasteiger partial charge in [-0.1, -0.05) is 30.7 Å². The summed E-state index contributed by atoms with van der Waals surface area (Å²) in [5, 5.41) is 23.1. The van der Waals surface area contributed by atoms with E-state index in [0.29, 0.717) is 11.3 Å². The highest BCUT2D eigenvalue weighted by Crippen LogP contribution is 2.64. The van der Waals surface area contributed by atoms with E-state index in [1.807, 2.05) is 0 Å². The zero-order chi connectivity index (χ0) is 15.5. The molecule has 0 spiro atoms. The Hall–Kier alpha value is -0.830. The zero-order valence-corrected chi connectivity index (χ0v) is 13.9. The van der Waals surface area contributed by atoms with Crippen LogP contribution in [0.5, 0.6) is 0 Å². The van der Waals surface area contributed by atoms with E-state index in [-0.39, 0.29) is 11.5 Å². The van der Waals surface area contributed by atoms with Crippen molar-refractivity contribution in [3.05, 3.63) is 11.6 Å². The zero-order valence-electron chi connectivity index (χ0n) is 13.9. The Balaban J connectivity index is 1.69. The maximum absolute atomic E-state index is 10.0. The predicted molar refractivity (Wildman–Crippen MR) is 86.9 cm³/mol. The molecule has 3 saturated carbocycles. The molecular weight excluding hydrogens is 274 g/mol. The predicted octanol–water partition coefficient (Wildman–Crippen LogP) is 4.14. The number of hydrogen-bond acceptors (Lipinski definition) is 3. The minimum Gasteiger partial charge on any atom is -0.411 e. The van der Waals surface area contributed by atoms with Crippen LogP contribution in [0, 0.1) is 28.6 Å². The van der Waals surface area contributed by atoms with E-state index in [2.05, 4.69) is 25.1 Å². The van der Waals surface area contributed by atoms with E-state index in [4.69, 9.17) is 0 Å². The molecule has 0 amide bonds. The standard InChI is InChI=1S/C19H29NO2/c1-18-9-7-13(21)11-12(18)3-4-14-15-5-6-17(20-22)19(15,2)10-8-16(14)18/h3,13-16,21-22H,4-11H2,1-2H3/b20-17+/t13-,14?,15?,16?,18-,19-/m0/s1. The molecule has 0 aromatic carbocycles. The van der Waals surface area contributed by atoms with Gasteiger partial charge in [0.25, 0.3) is 0 Å². The van der Waals surface area contributed by atoms with Crippen molar-refractivity contribution in [2.75, 3.05) is 0 Å². The van der Waals surface area contributed by atoms with Crippen LogP contribution >= 0.6 is 0 Å². The summed E-state index contributed by atoms with van der Waals surface area (Å²) in [5.41, 5.74) is 3.02. The van der Waals surface area contributed by atoms with Crippen LogP contribution in [0.25, 0.3) is 0 Å². The number of nitrogens with zero attached hydrogens (tertiary/aromatic N) is 1. The van der Waals surface area contributed by atoms with Crippen molar-refractivity contribution >= 4 is 5.71 Å². The first-order valence-corrected chi connectivity index (χ1v) is 9.08.